The lowest BCUT2D eigenvalue weighted by Gasteiger charge is -2.35. The quantitative estimate of drug-likeness (QED) is 0.271. The van der Waals surface area contributed by atoms with Crippen LogP contribution >= 0.6 is 0 Å². The van der Waals surface area contributed by atoms with E-state index in [9.17, 15) is 18.0 Å². The summed E-state index contributed by atoms with van der Waals surface area (Å²) in [6, 6.07) is 21.4. The van der Waals surface area contributed by atoms with Crippen LogP contribution in [0.5, 0.6) is 0 Å². The van der Waals surface area contributed by atoms with Crippen LogP contribution in [0.4, 0.5) is 5.69 Å². The van der Waals surface area contributed by atoms with E-state index in [1.165, 1.54) is 10.7 Å². The minimum atomic E-state index is -4.10. The van der Waals surface area contributed by atoms with Crippen molar-refractivity contribution < 1.29 is 18.0 Å². The number of aryl methyl sites for hydroxylation is 2. The Bertz CT molecular complexity index is 1480. The van der Waals surface area contributed by atoms with Gasteiger partial charge in [0.2, 0.25) is 11.8 Å². The molecule has 0 unspecified atom stereocenters. The van der Waals surface area contributed by atoms with Gasteiger partial charge >= 0.3 is 0 Å². The van der Waals surface area contributed by atoms with E-state index in [1.807, 2.05) is 64.1 Å². The molecule has 1 atom stereocenters. The van der Waals surface area contributed by atoms with Gasteiger partial charge in [0.25, 0.3) is 10.0 Å². The summed E-state index contributed by atoms with van der Waals surface area (Å²) >= 11 is 0. The number of anilines is 1. The Labute approximate surface area is 257 Å². The summed E-state index contributed by atoms with van der Waals surface area (Å²) < 4.78 is 29.5. The van der Waals surface area contributed by atoms with E-state index < -0.39 is 28.5 Å². The van der Waals surface area contributed by atoms with Crippen molar-refractivity contribution in [1.29, 1.82) is 0 Å². The molecule has 0 aromatic heterocycles. The SMILES string of the molecule is CC[C@H](C(=O)NC1CCCCC1)N(CCc1ccccc1)C(=O)CN(c1cccc(C)c1C)S(=O)(=O)c1ccc(C)cc1. The average molecular weight is 604 g/mol. The molecule has 8 heteroatoms. The van der Waals surface area contributed by atoms with Gasteiger partial charge in [-0.3, -0.25) is 13.9 Å². The number of hydrogen-bond donors (Lipinski definition) is 1. The van der Waals surface area contributed by atoms with Gasteiger partial charge in [-0.2, -0.15) is 0 Å². The molecule has 0 bridgehead atoms. The number of sulfonamides is 1. The van der Waals surface area contributed by atoms with E-state index in [4.69, 9.17) is 0 Å². The molecule has 230 valence electrons. The highest BCUT2D eigenvalue weighted by molar-refractivity contribution is 7.92. The van der Waals surface area contributed by atoms with Crippen LogP contribution in [0.3, 0.4) is 0 Å². The van der Waals surface area contributed by atoms with E-state index in [0.717, 1.165) is 47.9 Å². The van der Waals surface area contributed by atoms with Gasteiger partial charge in [-0.1, -0.05) is 86.3 Å². The third-order valence-corrected chi connectivity index (χ3v) is 10.3. The van der Waals surface area contributed by atoms with Crippen LogP contribution in [0.2, 0.25) is 0 Å². The van der Waals surface area contributed by atoms with Crippen molar-refractivity contribution in [1.82, 2.24) is 10.2 Å². The van der Waals surface area contributed by atoms with Crippen LogP contribution in [0.1, 0.15) is 67.7 Å². The molecule has 1 N–H and O–H groups in total. The molecule has 0 radical (unpaired) electrons. The fraction of sp³-hybridized carbons (Fsp3) is 0.429. The maximum absolute atomic E-state index is 14.3. The number of amides is 2. The average Bonchev–Trinajstić information content (AvgIpc) is 3.00. The van der Waals surface area contributed by atoms with Gasteiger partial charge < -0.3 is 10.2 Å². The highest BCUT2D eigenvalue weighted by Crippen LogP contribution is 2.29. The van der Waals surface area contributed by atoms with Gasteiger partial charge in [0, 0.05) is 12.6 Å². The van der Waals surface area contributed by atoms with Crippen LogP contribution in [0.25, 0.3) is 0 Å². The van der Waals surface area contributed by atoms with E-state index in [-0.39, 0.29) is 16.8 Å². The second kappa shape index (κ2) is 14.7. The van der Waals surface area contributed by atoms with Gasteiger partial charge in [0.15, 0.2) is 0 Å². The zero-order chi connectivity index (χ0) is 31.0. The first-order chi connectivity index (χ1) is 20.6. The molecule has 43 heavy (non-hydrogen) atoms. The molecule has 1 aliphatic carbocycles. The van der Waals surface area contributed by atoms with E-state index in [0.29, 0.717) is 25.1 Å². The molecule has 0 heterocycles. The van der Waals surface area contributed by atoms with Crippen LogP contribution in [0.15, 0.2) is 77.7 Å². The summed E-state index contributed by atoms with van der Waals surface area (Å²) in [5.74, 6) is -0.575. The first kappa shape index (κ1) is 32.3. The van der Waals surface area contributed by atoms with E-state index >= 15 is 0 Å². The number of rotatable bonds is 12. The molecule has 4 rings (SSSR count). The van der Waals surface area contributed by atoms with Crippen molar-refractivity contribution in [2.24, 2.45) is 0 Å². The minimum absolute atomic E-state index is 0.106. The minimum Gasteiger partial charge on any atom is -0.352 e. The monoisotopic (exact) mass is 603 g/mol. The number of hydrogen-bond acceptors (Lipinski definition) is 4. The normalized spacial score (nSPS) is 14.6. The van der Waals surface area contributed by atoms with Crippen molar-refractivity contribution in [3.05, 3.63) is 95.1 Å². The van der Waals surface area contributed by atoms with Crippen LogP contribution < -0.4 is 9.62 Å². The van der Waals surface area contributed by atoms with E-state index in [2.05, 4.69) is 5.32 Å². The van der Waals surface area contributed by atoms with Crippen molar-refractivity contribution in [3.63, 3.8) is 0 Å². The number of carbonyl (C=O) groups is 2. The fourth-order valence-corrected chi connectivity index (χ4v) is 7.27. The van der Waals surface area contributed by atoms with Gasteiger partial charge in [0.05, 0.1) is 10.6 Å². The Morgan fingerprint density at radius 2 is 1.56 bits per heavy atom. The second-order valence-corrected chi connectivity index (χ2v) is 13.5. The molecular weight excluding hydrogens is 558 g/mol. The van der Waals surface area contributed by atoms with Crippen LogP contribution in [0, 0.1) is 20.8 Å². The molecule has 7 nitrogen and oxygen atoms in total. The molecule has 0 spiro atoms. The molecule has 3 aromatic carbocycles. The Morgan fingerprint density at radius 3 is 2.21 bits per heavy atom. The summed E-state index contributed by atoms with van der Waals surface area (Å²) in [6.45, 7) is 7.47. The molecule has 1 fully saturated rings. The fourth-order valence-electron chi connectivity index (χ4n) is 5.80. The zero-order valence-corrected chi connectivity index (χ0v) is 26.7. The highest BCUT2D eigenvalue weighted by atomic mass is 32.2. The van der Waals surface area contributed by atoms with Crippen molar-refractivity contribution in [3.8, 4) is 0 Å². The Balaban J connectivity index is 1.70. The third-order valence-electron chi connectivity index (χ3n) is 8.55. The predicted octanol–water partition coefficient (Wildman–Crippen LogP) is 6.11. The summed E-state index contributed by atoms with van der Waals surface area (Å²) in [6.07, 6.45) is 6.20. The summed E-state index contributed by atoms with van der Waals surface area (Å²) in [4.78, 5) is 29.7. The maximum atomic E-state index is 14.3. The summed E-state index contributed by atoms with van der Waals surface area (Å²) in [7, 11) is -4.10. The number of nitrogens with one attached hydrogen (secondary N) is 1. The predicted molar refractivity (Wildman–Crippen MR) is 173 cm³/mol. The molecule has 1 aliphatic rings. The van der Waals surface area contributed by atoms with Gasteiger partial charge in [-0.05, 0) is 81.3 Å². The lowest BCUT2D eigenvalue weighted by molar-refractivity contribution is -0.140. The van der Waals surface area contributed by atoms with Crippen molar-refractivity contribution in [2.75, 3.05) is 17.4 Å². The molecule has 0 saturated heterocycles. The molecule has 1 saturated carbocycles. The van der Waals surface area contributed by atoms with Crippen molar-refractivity contribution >= 4 is 27.5 Å². The summed E-state index contributed by atoms with van der Waals surface area (Å²) in [5, 5.41) is 3.20. The van der Waals surface area contributed by atoms with Gasteiger partial charge in [0.1, 0.15) is 12.6 Å². The van der Waals surface area contributed by atoms with Gasteiger partial charge in [-0.15, -0.1) is 0 Å². The Hall–Kier alpha value is -3.65. The standard InChI is InChI=1S/C35H45N3O4S/c1-5-32(35(40)36-30-16-10-7-11-17-30)37(24-23-29-14-8-6-9-15-29)34(39)25-38(33-18-12-13-27(3)28(33)4)43(41,42)31-21-19-26(2)20-22-31/h6,8-9,12-15,18-22,30,32H,5,7,10-11,16-17,23-25H2,1-4H3,(H,36,40)/t32-/m1/s1. The molecular formula is C35H45N3O4S. The Kier molecular flexibility index (Phi) is 11.0. The smallest absolute Gasteiger partial charge is 0.264 e. The van der Waals surface area contributed by atoms with Crippen molar-refractivity contribution in [2.45, 2.75) is 89.6 Å². The first-order valence-corrected chi connectivity index (χ1v) is 16.8. The molecule has 0 aliphatic heterocycles. The highest BCUT2D eigenvalue weighted by Gasteiger charge is 2.34. The second-order valence-electron chi connectivity index (χ2n) is 11.6. The topological polar surface area (TPSA) is 86.8 Å². The lowest BCUT2D eigenvalue weighted by Crippen LogP contribution is -2.54. The molecule has 3 aromatic rings. The number of benzene rings is 3. The zero-order valence-electron chi connectivity index (χ0n) is 25.9. The third kappa shape index (κ3) is 8.05. The first-order valence-electron chi connectivity index (χ1n) is 15.4. The van der Waals surface area contributed by atoms with E-state index in [1.54, 1.807) is 41.3 Å². The summed E-state index contributed by atoms with van der Waals surface area (Å²) in [5.41, 5.74) is 4.14. The van der Waals surface area contributed by atoms with Crippen LogP contribution in [-0.2, 0) is 26.0 Å². The van der Waals surface area contributed by atoms with Crippen LogP contribution in [-0.4, -0.2) is 50.3 Å². The Morgan fingerprint density at radius 1 is 0.884 bits per heavy atom. The molecule has 2 amide bonds. The van der Waals surface area contributed by atoms with Gasteiger partial charge in [-0.25, -0.2) is 8.42 Å². The number of carbonyl (C=O) groups excluding carboxylic acids is 2. The lowest BCUT2D eigenvalue weighted by atomic mass is 9.95. The number of nitrogens with zero attached hydrogens (tertiary/aromatic N) is 2. The largest absolute Gasteiger partial charge is 0.352 e. The maximum Gasteiger partial charge on any atom is 0.264 e.